The third-order valence-electron chi connectivity index (χ3n) is 7.70. The lowest BCUT2D eigenvalue weighted by molar-refractivity contribution is -0.127. The van der Waals surface area contributed by atoms with Crippen LogP contribution in [0.25, 0.3) is 0 Å². The summed E-state index contributed by atoms with van der Waals surface area (Å²) in [5.74, 6) is 0.549. The van der Waals surface area contributed by atoms with Crippen LogP contribution >= 0.6 is 0 Å². The molecule has 0 aliphatic carbocycles. The summed E-state index contributed by atoms with van der Waals surface area (Å²) >= 11 is 0. The number of nitrogens with one attached hydrogen (secondary N) is 1. The van der Waals surface area contributed by atoms with Crippen molar-refractivity contribution >= 4 is 21.6 Å². The number of nitrogens with zero attached hydrogens (tertiary/aromatic N) is 2. The van der Waals surface area contributed by atoms with Crippen LogP contribution in [-0.4, -0.2) is 52.1 Å². The molecule has 1 fully saturated rings. The highest BCUT2D eigenvalue weighted by Crippen LogP contribution is 2.40. The third kappa shape index (κ3) is 6.52. The van der Waals surface area contributed by atoms with Gasteiger partial charge in [-0.2, -0.15) is 0 Å². The summed E-state index contributed by atoms with van der Waals surface area (Å²) in [5.41, 5.74) is 3.39. The highest BCUT2D eigenvalue weighted by Gasteiger charge is 2.38. The number of hydrogen-bond donors (Lipinski definition) is 1. The summed E-state index contributed by atoms with van der Waals surface area (Å²) < 4.78 is 40.5. The van der Waals surface area contributed by atoms with Crippen molar-refractivity contribution in [3.8, 4) is 11.5 Å². The Hall–Kier alpha value is -3.56. The molecule has 1 saturated heterocycles. The van der Waals surface area contributed by atoms with E-state index >= 15 is 0 Å². The van der Waals surface area contributed by atoms with Crippen LogP contribution in [0.15, 0.2) is 71.6 Å². The largest absolute Gasteiger partial charge is 0.497 e. The second-order valence-electron chi connectivity index (χ2n) is 11.8. The van der Waals surface area contributed by atoms with Gasteiger partial charge in [-0.3, -0.25) is 14.0 Å². The topological polar surface area (TPSA) is 88.2 Å². The summed E-state index contributed by atoms with van der Waals surface area (Å²) in [5, 5.41) is 2.97. The van der Waals surface area contributed by atoms with Crippen molar-refractivity contribution in [2.24, 2.45) is 0 Å². The van der Waals surface area contributed by atoms with Crippen LogP contribution in [0.4, 0.5) is 5.69 Å². The van der Waals surface area contributed by atoms with Crippen LogP contribution in [-0.2, 0) is 33.3 Å². The summed E-state index contributed by atoms with van der Waals surface area (Å²) in [6.45, 7) is 9.52. The van der Waals surface area contributed by atoms with Crippen LogP contribution < -0.4 is 19.1 Å². The fraction of sp³-hybridized carbons (Fsp3) is 0.406. The third-order valence-corrected chi connectivity index (χ3v) is 9.49. The van der Waals surface area contributed by atoms with Crippen LogP contribution in [0.1, 0.15) is 50.3 Å². The molecule has 0 bridgehead atoms. The molecule has 41 heavy (non-hydrogen) atoms. The number of carbonyl (C=O) groups is 1. The first kappa shape index (κ1) is 29.0. The lowest BCUT2D eigenvalue weighted by Crippen LogP contribution is -2.50. The number of sulfonamides is 1. The van der Waals surface area contributed by atoms with Gasteiger partial charge in [0.2, 0.25) is 0 Å². The number of amides is 1. The van der Waals surface area contributed by atoms with Crippen LogP contribution in [0.5, 0.6) is 11.5 Å². The van der Waals surface area contributed by atoms with Crippen LogP contribution in [0.3, 0.4) is 0 Å². The van der Waals surface area contributed by atoms with E-state index in [0.29, 0.717) is 23.7 Å². The minimum absolute atomic E-state index is 0.112. The maximum atomic E-state index is 13.9. The minimum atomic E-state index is -4.00. The van der Waals surface area contributed by atoms with Gasteiger partial charge in [-0.15, -0.1) is 0 Å². The molecule has 9 heteroatoms. The van der Waals surface area contributed by atoms with E-state index in [4.69, 9.17) is 9.47 Å². The second-order valence-corrected chi connectivity index (χ2v) is 13.6. The standard InChI is InChI=1S/C32H39N3O5S/c1-32(2,3)25-10-15-29-28(19-25)35(41(37,38)27-13-11-26(39-4)12-14-27)22-30(40-29)31(36)33-20-23-8-7-9-24(18-23)21-34-16-5-6-17-34/h7-15,18-19,30H,5-6,16-17,20-22H2,1-4H3,(H,33,36)/t30-/m1/s1. The number of methoxy groups -OCH3 is 1. The van der Waals surface area contributed by atoms with Crippen molar-refractivity contribution in [2.75, 3.05) is 31.0 Å². The molecule has 0 aromatic heterocycles. The normalized spacial score (nSPS) is 17.6. The van der Waals surface area contributed by atoms with E-state index in [1.807, 2.05) is 24.3 Å². The van der Waals surface area contributed by atoms with Gasteiger partial charge in [0.1, 0.15) is 11.5 Å². The predicted octanol–water partition coefficient (Wildman–Crippen LogP) is 4.86. The van der Waals surface area contributed by atoms with Gasteiger partial charge in [-0.25, -0.2) is 8.42 Å². The number of carbonyl (C=O) groups excluding carboxylic acids is 1. The molecular formula is C32H39N3O5S. The molecule has 218 valence electrons. The smallest absolute Gasteiger partial charge is 0.264 e. The SMILES string of the molecule is COc1ccc(S(=O)(=O)N2C[C@H](C(=O)NCc3cccc(CN4CCCC4)c3)Oc3ccc(C(C)(C)C)cc32)cc1. The van der Waals surface area contributed by atoms with Gasteiger partial charge in [0, 0.05) is 13.1 Å². The first-order chi connectivity index (χ1) is 19.5. The quantitative estimate of drug-likeness (QED) is 0.412. The Bertz CT molecular complexity index is 1490. The predicted molar refractivity (Wildman–Crippen MR) is 160 cm³/mol. The Morgan fingerprint density at radius 3 is 2.39 bits per heavy atom. The molecule has 3 aromatic carbocycles. The average Bonchev–Trinajstić information content (AvgIpc) is 3.47. The average molecular weight is 578 g/mol. The Kier molecular flexibility index (Phi) is 8.29. The van der Waals surface area contributed by atoms with Crippen molar-refractivity contribution in [3.63, 3.8) is 0 Å². The van der Waals surface area contributed by atoms with Crippen molar-refractivity contribution in [1.82, 2.24) is 10.2 Å². The lowest BCUT2D eigenvalue weighted by atomic mass is 9.86. The zero-order chi connectivity index (χ0) is 29.2. The number of anilines is 1. The number of fused-ring (bicyclic) bond motifs is 1. The second kappa shape index (κ2) is 11.7. The van der Waals surface area contributed by atoms with Crippen molar-refractivity contribution in [1.29, 1.82) is 0 Å². The zero-order valence-electron chi connectivity index (χ0n) is 24.2. The van der Waals surface area contributed by atoms with Crippen LogP contribution in [0.2, 0.25) is 0 Å². The Morgan fingerprint density at radius 1 is 1.00 bits per heavy atom. The van der Waals surface area contributed by atoms with E-state index in [1.165, 1.54) is 42.0 Å². The number of ether oxygens (including phenoxy) is 2. The minimum Gasteiger partial charge on any atom is -0.497 e. The van der Waals surface area contributed by atoms with Crippen LogP contribution in [0, 0.1) is 0 Å². The molecule has 3 aromatic rings. The molecule has 1 amide bonds. The van der Waals surface area contributed by atoms with Gasteiger partial charge in [0.15, 0.2) is 6.10 Å². The molecule has 1 N–H and O–H groups in total. The Balaban J connectivity index is 1.37. The van der Waals surface area contributed by atoms with E-state index in [0.717, 1.165) is 30.8 Å². The Morgan fingerprint density at radius 2 is 1.71 bits per heavy atom. The highest BCUT2D eigenvalue weighted by atomic mass is 32.2. The number of likely N-dealkylation sites (tertiary alicyclic amines) is 1. The van der Waals surface area contributed by atoms with Crippen molar-refractivity contribution in [2.45, 2.75) is 63.1 Å². The first-order valence-corrected chi connectivity index (χ1v) is 15.5. The first-order valence-electron chi connectivity index (χ1n) is 14.1. The fourth-order valence-corrected chi connectivity index (χ4v) is 6.76. The van der Waals surface area contributed by atoms with E-state index in [2.05, 4.69) is 43.1 Å². The summed E-state index contributed by atoms with van der Waals surface area (Å²) in [6, 6.07) is 20.0. The lowest BCUT2D eigenvalue weighted by Gasteiger charge is -2.36. The Labute approximate surface area is 243 Å². The molecule has 0 saturated carbocycles. The van der Waals surface area contributed by atoms with E-state index in [9.17, 15) is 13.2 Å². The van der Waals surface area contributed by atoms with Crippen molar-refractivity contribution in [3.05, 3.63) is 83.4 Å². The van der Waals surface area contributed by atoms with Gasteiger partial charge in [0.05, 0.1) is 24.2 Å². The molecule has 0 unspecified atom stereocenters. The molecule has 2 aliphatic rings. The van der Waals surface area contributed by atoms with Crippen molar-refractivity contribution < 1.29 is 22.7 Å². The summed E-state index contributed by atoms with van der Waals surface area (Å²) in [6.07, 6.45) is 1.47. The maximum absolute atomic E-state index is 13.9. The molecule has 1 atom stereocenters. The highest BCUT2D eigenvalue weighted by molar-refractivity contribution is 7.92. The molecule has 2 heterocycles. The monoisotopic (exact) mass is 577 g/mol. The van der Waals surface area contributed by atoms with E-state index in [1.54, 1.807) is 18.2 Å². The number of hydrogen-bond acceptors (Lipinski definition) is 6. The molecule has 8 nitrogen and oxygen atoms in total. The molecular weight excluding hydrogens is 538 g/mol. The van der Waals surface area contributed by atoms with E-state index in [-0.39, 0.29) is 22.8 Å². The van der Waals surface area contributed by atoms with E-state index < -0.39 is 16.1 Å². The molecule has 0 spiro atoms. The van der Waals surface area contributed by atoms with Gasteiger partial charge < -0.3 is 14.8 Å². The fourth-order valence-electron chi connectivity index (χ4n) is 5.30. The van der Waals surface area contributed by atoms with Gasteiger partial charge in [0.25, 0.3) is 15.9 Å². The number of rotatable bonds is 8. The van der Waals surface area contributed by atoms with Gasteiger partial charge in [-0.1, -0.05) is 51.1 Å². The maximum Gasteiger partial charge on any atom is 0.264 e. The molecule has 2 aliphatic heterocycles. The number of benzene rings is 3. The molecule has 5 rings (SSSR count). The van der Waals surface area contributed by atoms with Gasteiger partial charge >= 0.3 is 0 Å². The summed E-state index contributed by atoms with van der Waals surface area (Å²) in [7, 11) is -2.47. The zero-order valence-corrected chi connectivity index (χ0v) is 25.0. The van der Waals surface area contributed by atoms with Gasteiger partial charge in [-0.05, 0) is 84.4 Å². The molecule has 0 radical (unpaired) electrons. The summed E-state index contributed by atoms with van der Waals surface area (Å²) in [4.78, 5) is 15.9.